The summed E-state index contributed by atoms with van der Waals surface area (Å²) in [6.07, 6.45) is 2.02. The fourth-order valence-corrected chi connectivity index (χ4v) is 1.47. The number of carbonyl (C=O) groups excluding carboxylic acids is 1. The van der Waals surface area contributed by atoms with Gasteiger partial charge in [0.15, 0.2) is 0 Å². The van der Waals surface area contributed by atoms with Crippen LogP contribution in [0.25, 0.3) is 0 Å². The number of anilines is 1. The molecular formula is C11H15NO2S. The fourth-order valence-electron chi connectivity index (χ4n) is 1.07. The number of benzene rings is 1. The van der Waals surface area contributed by atoms with E-state index in [4.69, 9.17) is 4.74 Å². The standard InChI is InChI=1S/C11H15NO2S/c1-3-14-8-11(13)12-9-4-6-10(15-2)7-5-9/h4-7H,3,8H2,1-2H3,(H,12,13). The first-order chi connectivity index (χ1) is 7.26. The fraction of sp³-hybridized carbons (Fsp3) is 0.364. The second-order valence-corrected chi connectivity index (χ2v) is 3.79. The van der Waals surface area contributed by atoms with E-state index in [1.807, 2.05) is 37.4 Å². The van der Waals surface area contributed by atoms with Gasteiger partial charge in [0.2, 0.25) is 5.91 Å². The van der Waals surface area contributed by atoms with Crippen molar-refractivity contribution in [1.82, 2.24) is 0 Å². The van der Waals surface area contributed by atoms with Gasteiger partial charge in [-0.15, -0.1) is 11.8 Å². The largest absolute Gasteiger partial charge is 0.372 e. The molecule has 4 heteroatoms. The average molecular weight is 225 g/mol. The Morgan fingerprint density at radius 3 is 2.60 bits per heavy atom. The van der Waals surface area contributed by atoms with Gasteiger partial charge in [-0.1, -0.05) is 0 Å². The Kier molecular flexibility index (Phi) is 5.21. The zero-order chi connectivity index (χ0) is 11.1. The van der Waals surface area contributed by atoms with E-state index in [1.165, 1.54) is 4.90 Å². The van der Waals surface area contributed by atoms with Crippen LogP contribution in [-0.2, 0) is 9.53 Å². The van der Waals surface area contributed by atoms with Crippen molar-refractivity contribution in [3.05, 3.63) is 24.3 Å². The second-order valence-electron chi connectivity index (χ2n) is 2.91. The number of nitrogens with one attached hydrogen (secondary N) is 1. The maximum Gasteiger partial charge on any atom is 0.250 e. The second kappa shape index (κ2) is 6.48. The van der Waals surface area contributed by atoms with Crippen molar-refractivity contribution in [3.8, 4) is 0 Å². The van der Waals surface area contributed by atoms with Crippen LogP contribution in [0, 0.1) is 0 Å². The molecule has 0 atom stereocenters. The van der Waals surface area contributed by atoms with Gasteiger partial charge in [-0.05, 0) is 37.4 Å². The van der Waals surface area contributed by atoms with Gasteiger partial charge in [-0.25, -0.2) is 0 Å². The monoisotopic (exact) mass is 225 g/mol. The van der Waals surface area contributed by atoms with Gasteiger partial charge in [0, 0.05) is 17.2 Å². The van der Waals surface area contributed by atoms with Gasteiger partial charge in [0.25, 0.3) is 0 Å². The van der Waals surface area contributed by atoms with Crippen LogP contribution in [0.4, 0.5) is 5.69 Å². The van der Waals surface area contributed by atoms with Crippen molar-refractivity contribution >= 4 is 23.4 Å². The van der Waals surface area contributed by atoms with E-state index in [0.29, 0.717) is 6.61 Å². The molecule has 1 N–H and O–H groups in total. The quantitative estimate of drug-likeness (QED) is 0.782. The maximum absolute atomic E-state index is 11.3. The van der Waals surface area contributed by atoms with Crippen molar-refractivity contribution in [2.75, 3.05) is 24.8 Å². The summed E-state index contributed by atoms with van der Waals surface area (Å²) in [5.74, 6) is -0.117. The normalized spacial score (nSPS) is 10.0. The van der Waals surface area contributed by atoms with Crippen molar-refractivity contribution in [1.29, 1.82) is 0 Å². The van der Waals surface area contributed by atoms with Crippen LogP contribution in [0.15, 0.2) is 29.2 Å². The molecule has 0 fully saturated rings. The molecule has 3 nitrogen and oxygen atoms in total. The Bertz CT molecular complexity index is 311. The number of ether oxygens (including phenoxy) is 1. The zero-order valence-corrected chi connectivity index (χ0v) is 9.76. The van der Waals surface area contributed by atoms with Gasteiger partial charge in [-0.2, -0.15) is 0 Å². The Morgan fingerprint density at radius 2 is 2.07 bits per heavy atom. The van der Waals surface area contributed by atoms with E-state index in [2.05, 4.69) is 5.32 Å². The van der Waals surface area contributed by atoms with Gasteiger partial charge in [-0.3, -0.25) is 4.79 Å². The van der Waals surface area contributed by atoms with Crippen LogP contribution >= 0.6 is 11.8 Å². The van der Waals surface area contributed by atoms with Crippen molar-refractivity contribution in [2.24, 2.45) is 0 Å². The first kappa shape index (κ1) is 12.1. The minimum atomic E-state index is -0.117. The summed E-state index contributed by atoms with van der Waals surface area (Å²) in [7, 11) is 0. The highest BCUT2D eigenvalue weighted by Gasteiger charge is 2.01. The molecule has 0 aromatic heterocycles. The molecular weight excluding hydrogens is 210 g/mol. The lowest BCUT2D eigenvalue weighted by atomic mass is 10.3. The summed E-state index contributed by atoms with van der Waals surface area (Å²) in [6.45, 7) is 2.53. The van der Waals surface area contributed by atoms with Gasteiger partial charge in [0.05, 0.1) is 0 Å². The predicted octanol–water partition coefficient (Wildman–Crippen LogP) is 2.38. The molecule has 1 aromatic carbocycles. The topological polar surface area (TPSA) is 38.3 Å². The summed E-state index contributed by atoms with van der Waals surface area (Å²) in [5.41, 5.74) is 0.803. The number of hydrogen-bond acceptors (Lipinski definition) is 3. The number of carbonyl (C=O) groups is 1. The first-order valence-electron chi connectivity index (χ1n) is 4.78. The van der Waals surface area contributed by atoms with Crippen molar-refractivity contribution in [2.45, 2.75) is 11.8 Å². The summed E-state index contributed by atoms with van der Waals surface area (Å²) in [6, 6.07) is 7.72. The highest BCUT2D eigenvalue weighted by atomic mass is 32.2. The summed E-state index contributed by atoms with van der Waals surface area (Å²) in [4.78, 5) is 12.5. The Morgan fingerprint density at radius 1 is 1.40 bits per heavy atom. The van der Waals surface area contributed by atoms with Crippen LogP contribution in [0.2, 0.25) is 0 Å². The zero-order valence-electron chi connectivity index (χ0n) is 8.95. The van der Waals surface area contributed by atoms with Crippen LogP contribution in [0.5, 0.6) is 0 Å². The molecule has 0 aliphatic carbocycles. The summed E-state index contributed by atoms with van der Waals surface area (Å²) >= 11 is 1.67. The lowest BCUT2D eigenvalue weighted by Crippen LogP contribution is -2.18. The molecule has 1 rings (SSSR count). The molecule has 0 unspecified atom stereocenters. The number of hydrogen-bond donors (Lipinski definition) is 1. The third kappa shape index (κ3) is 4.36. The minimum Gasteiger partial charge on any atom is -0.372 e. The number of rotatable bonds is 5. The van der Waals surface area contributed by atoms with Crippen molar-refractivity contribution < 1.29 is 9.53 Å². The Labute approximate surface area is 94.2 Å². The molecule has 0 aliphatic heterocycles. The third-order valence-electron chi connectivity index (χ3n) is 1.81. The molecule has 0 bridgehead atoms. The highest BCUT2D eigenvalue weighted by molar-refractivity contribution is 7.98. The lowest BCUT2D eigenvalue weighted by Gasteiger charge is -2.05. The molecule has 0 radical (unpaired) electrons. The van der Waals surface area contributed by atoms with E-state index in [-0.39, 0.29) is 12.5 Å². The van der Waals surface area contributed by atoms with E-state index in [9.17, 15) is 4.79 Å². The molecule has 0 saturated carbocycles. The first-order valence-corrected chi connectivity index (χ1v) is 6.00. The molecule has 0 aliphatic rings. The number of thioether (sulfide) groups is 1. The van der Waals surface area contributed by atoms with Gasteiger partial charge >= 0.3 is 0 Å². The predicted molar refractivity (Wildman–Crippen MR) is 63.3 cm³/mol. The maximum atomic E-state index is 11.3. The molecule has 15 heavy (non-hydrogen) atoms. The van der Waals surface area contributed by atoms with Crippen LogP contribution in [0.1, 0.15) is 6.92 Å². The van der Waals surface area contributed by atoms with Gasteiger partial charge in [0.1, 0.15) is 6.61 Å². The molecule has 0 saturated heterocycles. The highest BCUT2D eigenvalue weighted by Crippen LogP contribution is 2.17. The van der Waals surface area contributed by atoms with E-state index < -0.39 is 0 Å². The Hall–Kier alpha value is -1.00. The van der Waals surface area contributed by atoms with E-state index in [1.54, 1.807) is 11.8 Å². The summed E-state index contributed by atoms with van der Waals surface area (Å²) < 4.78 is 5.00. The van der Waals surface area contributed by atoms with Crippen LogP contribution < -0.4 is 5.32 Å². The van der Waals surface area contributed by atoms with Crippen LogP contribution in [0.3, 0.4) is 0 Å². The Balaban J connectivity index is 2.46. The minimum absolute atomic E-state index is 0.112. The van der Waals surface area contributed by atoms with Gasteiger partial charge < -0.3 is 10.1 Å². The molecule has 1 amide bonds. The molecule has 1 aromatic rings. The van der Waals surface area contributed by atoms with E-state index >= 15 is 0 Å². The molecule has 0 heterocycles. The number of amides is 1. The SMILES string of the molecule is CCOCC(=O)Nc1ccc(SC)cc1. The van der Waals surface area contributed by atoms with Crippen molar-refractivity contribution in [3.63, 3.8) is 0 Å². The third-order valence-corrected chi connectivity index (χ3v) is 2.55. The average Bonchev–Trinajstić information content (AvgIpc) is 2.27. The van der Waals surface area contributed by atoms with E-state index in [0.717, 1.165) is 5.69 Å². The lowest BCUT2D eigenvalue weighted by molar-refractivity contribution is -0.120. The summed E-state index contributed by atoms with van der Waals surface area (Å²) in [5, 5.41) is 2.75. The molecule has 0 spiro atoms. The smallest absolute Gasteiger partial charge is 0.250 e. The molecule has 82 valence electrons. The van der Waals surface area contributed by atoms with Crippen LogP contribution in [-0.4, -0.2) is 25.4 Å².